The van der Waals surface area contributed by atoms with Gasteiger partial charge in [0, 0.05) is 23.9 Å². The lowest BCUT2D eigenvalue weighted by molar-refractivity contribution is -0.383. The van der Waals surface area contributed by atoms with E-state index in [9.17, 15) is 37.3 Å². The third-order valence-corrected chi connectivity index (χ3v) is 16.1. The van der Waals surface area contributed by atoms with Crippen LogP contribution in [0.3, 0.4) is 0 Å². The van der Waals surface area contributed by atoms with Crippen LogP contribution in [0.5, 0.6) is 0 Å². The Hall–Kier alpha value is -6.66. The van der Waals surface area contributed by atoms with Gasteiger partial charge in [0.1, 0.15) is 53.0 Å². The molecular weight excluding hydrogens is 1230 g/mol. The molecule has 4 aliphatic carbocycles. The number of aromatic nitrogens is 4. The highest BCUT2D eigenvalue weighted by Gasteiger charge is 2.58. The number of benzene rings is 2. The minimum Gasteiger partial charge on any atom is -0.443 e. The number of nitrogens with zero attached hydrogens (tertiary/aromatic N) is 7. The number of aryl methyl sites for hydroxylation is 2. The average Bonchev–Trinajstić information content (AvgIpc) is 1.60. The van der Waals surface area contributed by atoms with Crippen LogP contribution < -0.4 is 26.2 Å². The number of hydrogen-bond donors (Lipinski definition) is 3. The first-order chi connectivity index (χ1) is 43.5. The van der Waals surface area contributed by atoms with Gasteiger partial charge < -0.3 is 63.7 Å². The molecule has 0 unspecified atom stereocenters. The number of hydrogen-bond acceptors (Lipinski definition) is 21. The monoisotopic (exact) mass is 1320 g/mol. The van der Waals surface area contributed by atoms with Crippen LogP contribution in [0.2, 0.25) is 0 Å². The number of nitrogen functional groups attached to an aromatic ring is 1. The second-order valence-electron chi connectivity index (χ2n) is 29.6. The van der Waals surface area contributed by atoms with Crippen molar-refractivity contribution < 1.29 is 79.4 Å². The van der Waals surface area contributed by atoms with Gasteiger partial charge in [-0.25, -0.2) is 47.1 Å². The predicted octanol–water partition coefficient (Wildman–Crippen LogP) is 12.0. The van der Waals surface area contributed by atoms with E-state index in [0.29, 0.717) is 74.9 Å². The molecule has 24 nitrogen and oxygen atoms in total. The SMILES string of the molecule is Cc1nc(N[C@@H]2C[C@H](OCCOC(C)(C)C)[C@H]3OC(C)(C)O[C@H]32)c(N)c(N(C(=O)OC(C)(C)C)[C@@H]2C[C@H]2c2ccc(F)c(F)c2)n1.Cc1nc(N[C@@H]2C[C@H](OCCOC(C)(C)C)[C@H]3OC(C)(C)O[C@H]32)c([N+](=O)[O-])c(N(C(=O)OC(C)(C)C)[C@@H]2C[C@H]2c2ccc(F)c(F)c2)n1. The van der Waals surface area contributed by atoms with Crippen LogP contribution in [0.1, 0.15) is 171 Å². The minimum absolute atomic E-state index is 0.116. The topological polar surface area (TPSA) is 278 Å². The van der Waals surface area contributed by atoms with Gasteiger partial charge in [-0.05, 0) is 186 Å². The molecule has 0 radical (unpaired) electrons. The molecule has 2 amide bonds. The van der Waals surface area contributed by atoms with Gasteiger partial charge in [0.2, 0.25) is 11.6 Å². The number of carbonyl (C=O) groups excluding carboxylic acids is 2. The largest absolute Gasteiger partial charge is 0.443 e. The minimum atomic E-state index is -1.03. The van der Waals surface area contributed by atoms with Gasteiger partial charge in [-0.2, -0.15) is 0 Å². The molecule has 6 fully saturated rings. The van der Waals surface area contributed by atoms with Gasteiger partial charge in [0.05, 0.1) is 66.8 Å². The molecule has 94 heavy (non-hydrogen) atoms. The van der Waals surface area contributed by atoms with Crippen molar-refractivity contribution in [1.82, 2.24) is 19.9 Å². The van der Waals surface area contributed by atoms with E-state index < -0.39 is 111 Å². The number of nitro groups is 1. The van der Waals surface area contributed by atoms with Crippen LogP contribution in [0, 0.1) is 47.2 Å². The maximum Gasteiger partial charge on any atom is 0.416 e. The van der Waals surface area contributed by atoms with Crippen LogP contribution in [0.4, 0.5) is 61.8 Å². The number of anilines is 5. The van der Waals surface area contributed by atoms with Crippen molar-refractivity contribution in [2.24, 2.45) is 0 Å². The summed E-state index contributed by atoms with van der Waals surface area (Å²) in [7, 11) is 0. The highest BCUT2D eigenvalue weighted by molar-refractivity contribution is 5.94. The molecule has 2 saturated heterocycles. The number of halogens is 4. The molecule has 10 rings (SSSR count). The predicted molar refractivity (Wildman–Crippen MR) is 340 cm³/mol. The third-order valence-electron chi connectivity index (χ3n) is 16.1. The van der Waals surface area contributed by atoms with Gasteiger partial charge in [0.25, 0.3) is 0 Å². The fourth-order valence-corrected chi connectivity index (χ4v) is 12.3. The molecule has 4 saturated carbocycles. The second kappa shape index (κ2) is 27.1. The summed E-state index contributed by atoms with van der Waals surface area (Å²) >= 11 is 0. The molecule has 2 aliphatic heterocycles. The van der Waals surface area contributed by atoms with E-state index in [2.05, 4.69) is 30.6 Å². The van der Waals surface area contributed by atoms with Crippen molar-refractivity contribution in [3.63, 3.8) is 0 Å². The zero-order valence-corrected chi connectivity index (χ0v) is 57.0. The Labute approximate surface area is 546 Å². The number of nitrogens with one attached hydrogen (secondary N) is 2. The zero-order chi connectivity index (χ0) is 69.1. The van der Waals surface area contributed by atoms with Crippen molar-refractivity contribution in [2.45, 2.75) is 257 Å². The summed E-state index contributed by atoms with van der Waals surface area (Å²) in [5.74, 6) is -5.73. The molecular formula is C66H92F4N10O14. The molecule has 28 heteroatoms. The summed E-state index contributed by atoms with van der Waals surface area (Å²) in [5.41, 5.74) is 4.98. The van der Waals surface area contributed by atoms with Gasteiger partial charge in [-0.1, -0.05) is 12.1 Å². The van der Waals surface area contributed by atoms with Gasteiger partial charge in [-0.3, -0.25) is 19.9 Å². The Morgan fingerprint density at radius 3 is 1.35 bits per heavy atom. The van der Waals surface area contributed by atoms with Crippen LogP contribution >= 0.6 is 0 Å². The number of nitrogens with two attached hydrogens (primary N) is 1. The average molecular weight is 1330 g/mol. The second-order valence-corrected chi connectivity index (χ2v) is 29.6. The van der Waals surface area contributed by atoms with Crippen molar-refractivity contribution in [1.29, 1.82) is 0 Å². The Kier molecular flexibility index (Phi) is 20.6. The van der Waals surface area contributed by atoms with Crippen molar-refractivity contribution >= 4 is 46.8 Å². The van der Waals surface area contributed by atoms with E-state index in [4.69, 9.17) is 53.1 Å². The summed E-state index contributed by atoms with van der Waals surface area (Å²) in [4.78, 5) is 60.0. The maximum atomic E-state index is 14.1. The molecule has 4 N–H and O–H groups in total. The van der Waals surface area contributed by atoms with Gasteiger partial charge >= 0.3 is 17.9 Å². The molecule has 4 heterocycles. The van der Waals surface area contributed by atoms with Crippen LogP contribution in [-0.2, 0) is 47.4 Å². The molecule has 2 aromatic heterocycles. The number of amides is 2. The van der Waals surface area contributed by atoms with E-state index in [1.165, 1.54) is 17.0 Å². The van der Waals surface area contributed by atoms with E-state index >= 15 is 0 Å². The number of fused-ring (bicyclic) bond motifs is 2. The molecule has 2 aromatic carbocycles. The number of carbonyl (C=O) groups is 2. The summed E-state index contributed by atoms with van der Waals surface area (Å²) in [6.45, 7) is 34.2. The lowest BCUT2D eigenvalue weighted by atomic mass is 10.1. The highest BCUT2D eigenvalue weighted by Crippen LogP contribution is 2.52. The van der Waals surface area contributed by atoms with Crippen molar-refractivity contribution in [2.75, 3.05) is 52.6 Å². The first-order valence-corrected chi connectivity index (χ1v) is 31.9. The lowest BCUT2D eigenvalue weighted by Gasteiger charge is -2.29. The lowest BCUT2D eigenvalue weighted by Crippen LogP contribution is -2.40. The summed E-state index contributed by atoms with van der Waals surface area (Å²) < 4.78 is 116. The Morgan fingerprint density at radius 2 is 0.957 bits per heavy atom. The first-order valence-electron chi connectivity index (χ1n) is 31.9. The Balaban J connectivity index is 0.000000222. The normalized spacial score (nSPS) is 26.6. The van der Waals surface area contributed by atoms with Gasteiger partial charge in [0.15, 0.2) is 46.5 Å². The quantitative estimate of drug-likeness (QED) is 0.0340. The fraction of sp³-hybridized carbons (Fsp3) is 0.667. The molecule has 0 spiro atoms. The summed E-state index contributed by atoms with van der Waals surface area (Å²) in [6, 6.07) is 5.35. The third kappa shape index (κ3) is 17.7. The zero-order valence-electron chi connectivity index (χ0n) is 57.0. The van der Waals surface area contributed by atoms with E-state index in [1.54, 1.807) is 69.2 Å². The van der Waals surface area contributed by atoms with Crippen LogP contribution in [-0.4, -0.2) is 158 Å². The Bertz CT molecular complexity index is 3430. The summed E-state index contributed by atoms with van der Waals surface area (Å²) in [6.07, 6.45) is -2.13. The number of ether oxygens (including phenoxy) is 10. The molecule has 0 bridgehead atoms. The molecule has 6 aliphatic rings. The molecule has 518 valence electrons. The van der Waals surface area contributed by atoms with Crippen LogP contribution in [0.15, 0.2) is 36.4 Å². The molecule has 4 aromatic rings. The van der Waals surface area contributed by atoms with Gasteiger partial charge in [-0.15, -0.1) is 0 Å². The van der Waals surface area contributed by atoms with Crippen molar-refractivity contribution in [3.8, 4) is 0 Å². The smallest absolute Gasteiger partial charge is 0.416 e. The summed E-state index contributed by atoms with van der Waals surface area (Å²) in [5, 5.41) is 19.4. The maximum absolute atomic E-state index is 14.1. The fourth-order valence-electron chi connectivity index (χ4n) is 12.3. The van der Waals surface area contributed by atoms with E-state index in [0.717, 1.165) is 29.2 Å². The van der Waals surface area contributed by atoms with E-state index in [-0.39, 0.29) is 70.4 Å². The Morgan fingerprint density at radius 1 is 0.574 bits per heavy atom. The van der Waals surface area contributed by atoms with Crippen molar-refractivity contribution in [3.05, 3.63) is 92.6 Å². The highest BCUT2D eigenvalue weighted by atomic mass is 19.2. The first kappa shape index (κ1) is 71.6. The van der Waals surface area contributed by atoms with E-state index in [1.807, 2.05) is 55.4 Å². The standard InChI is InChI=1S/C33H45F2N5O8.C33H47F2N5O6/c1-17-36-28(38-22-16-24(44-12-13-45-31(2,3)4)27-26(22)46-33(8,9)47-27)25(40(42)43)29(37-17)39(30(41)48-32(5,6)7)23-15-19(23)18-10-11-20(34)21(35)14-18;1-17-37-28(39-22-16-24(42-12-13-43-31(2,3)4)27-26(22)44-33(8,9)45-27)25(36)29(38-17)40(30(41)46-32(5,6)7)23-15-19(23)18-10-11-20(34)21(35)14-18/h10-11,14,19,22-24,26-27H,12-13,15-16H2,1-9H3,(H,36,37,38);10-11,14,19,22-24,26-27H,12-13,15-16,36H2,1-9H3,(H,37,38,39)/t2*19-,22+,23+,24-,26-,27+/m00/s1. The van der Waals surface area contributed by atoms with Crippen LogP contribution in [0.25, 0.3) is 0 Å². The number of rotatable bonds is 19. The molecule has 12 atom stereocenters.